The van der Waals surface area contributed by atoms with Gasteiger partial charge >= 0.3 is 6.18 Å². The van der Waals surface area contributed by atoms with Crippen molar-refractivity contribution in [2.24, 2.45) is 0 Å². The molecule has 4 rings (SSSR count). The quantitative estimate of drug-likeness (QED) is 0.474. The van der Waals surface area contributed by atoms with Gasteiger partial charge < -0.3 is 4.74 Å². The lowest BCUT2D eigenvalue weighted by atomic mass is 9.87. The number of ether oxygens (including phenoxy) is 1. The van der Waals surface area contributed by atoms with Crippen molar-refractivity contribution in [3.8, 4) is 17.6 Å². The maximum absolute atomic E-state index is 13.6. The summed E-state index contributed by atoms with van der Waals surface area (Å²) in [5, 5.41) is 9.12. The second-order valence-corrected chi connectivity index (χ2v) is 8.82. The van der Waals surface area contributed by atoms with Crippen LogP contribution in [-0.2, 0) is 17.5 Å². The molecule has 0 spiro atoms. The van der Waals surface area contributed by atoms with Gasteiger partial charge in [-0.2, -0.15) is 18.4 Å². The highest BCUT2D eigenvalue weighted by atomic mass is 35.5. The minimum Gasteiger partial charge on any atom is -0.449 e. The van der Waals surface area contributed by atoms with Crippen LogP contribution in [-0.4, -0.2) is 21.5 Å². The molecule has 13 heteroatoms. The Balaban J connectivity index is 1.66. The molecule has 1 aliphatic heterocycles. The van der Waals surface area contributed by atoms with E-state index in [0.717, 1.165) is 23.0 Å². The second kappa shape index (κ2) is 10.2. The standard InChI is InChI=1S/C24H18ClF4N5O3/c1-12-4-15(26)2-3-18(12)19-8-16(32-33-22(19)35)10-34-11-31-21(24(27,28)29)20(23(34)36)37-17-6-13(9-30)5-14(25)7-17/h2-7,11,16,19,32H,8,10H2,1H3,(H,33,35). The summed E-state index contributed by atoms with van der Waals surface area (Å²) in [6.07, 6.45) is -4.10. The predicted octanol–water partition coefficient (Wildman–Crippen LogP) is 4.20. The van der Waals surface area contributed by atoms with Gasteiger partial charge in [0, 0.05) is 17.6 Å². The van der Waals surface area contributed by atoms with E-state index in [1.165, 1.54) is 24.3 Å². The molecule has 1 amide bonds. The van der Waals surface area contributed by atoms with Gasteiger partial charge in [-0.05, 0) is 54.8 Å². The Labute approximate surface area is 212 Å². The summed E-state index contributed by atoms with van der Waals surface area (Å²) >= 11 is 5.90. The Morgan fingerprint density at radius 3 is 2.68 bits per heavy atom. The average Bonchev–Trinajstić information content (AvgIpc) is 2.82. The first-order chi connectivity index (χ1) is 17.5. The van der Waals surface area contributed by atoms with Crippen LogP contribution in [0.3, 0.4) is 0 Å². The van der Waals surface area contributed by atoms with E-state index < -0.39 is 41.0 Å². The number of rotatable bonds is 5. The summed E-state index contributed by atoms with van der Waals surface area (Å²) in [5.41, 5.74) is 3.72. The summed E-state index contributed by atoms with van der Waals surface area (Å²) < 4.78 is 60.6. The lowest BCUT2D eigenvalue weighted by Crippen LogP contribution is -2.54. The van der Waals surface area contributed by atoms with Gasteiger partial charge in [0.15, 0.2) is 5.69 Å². The SMILES string of the molecule is Cc1cc(F)ccc1C1CC(Cn2cnc(C(F)(F)F)c(Oc3cc(Cl)cc(C#N)c3)c2=O)NNC1=O. The van der Waals surface area contributed by atoms with Crippen LogP contribution in [0, 0.1) is 24.1 Å². The number of carbonyl (C=O) groups is 1. The number of halogens is 5. The Hall–Kier alpha value is -3.95. The molecular formula is C24H18ClF4N5O3. The second-order valence-electron chi connectivity index (χ2n) is 8.39. The zero-order valence-corrected chi connectivity index (χ0v) is 19.8. The third-order valence-corrected chi connectivity index (χ3v) is 5.96. The van der Waals surface area contributed by atoms with Crippen LogP contribution in [0.4, 0.5) is 17.6 Å². The van der Waals surface area contributed by atoms with E-state index in [4.69, 9.17) is 21.6 Å². The van der Waals surface area contributed by atoms with E-state index in [1.807, 2.05) is 0 Å². The van der Waals surface area contributed by atoms with E-state index in [9.17, 15) is 27.2 Å². The largest absolute Gasteiger partial charge is 0.449 e. The molecule has 2 N–H and O–H groups in total. The fourth-order valence-corrected chi connectivity index (χ4v) is 4.29. The molecular weight excluding hydrogens is 518 g/mol. The maximum Gasteiger partial charge on any atom is 0.437 e. The van der Waals surface area contributed by atoms with Gasteiger partial charge in [-0.15, -0.1) is 0 Å². The van der Waals surface area contributed by atoms with Crippen LogP contribution in [0.25, 0.3) is 0 Å². The van der Waals surface area contributed by atoms with Crippen LogP contribution < -0.4 is 21.1 Å². The first kappa shape index (κ1) is 26.1. The molecule has 8 nitrogen and oxygen atoms in total. The maximum atomic E-state index is 13.6. The first-order valence-electron chi connectivity index (χ1n) is 10.8. The van der Waals surface area contributed by atoms with Crippen molar-refractivity contribution in [2.45, 2.75) is 38.0 Å². The molecule has 0 aliphatic carbocycles. The predicted molar refractivity (Wildman–Crippen MR) is 123 cm³/mol. The average molecular weight is 536 g/mol. The van der Waals surface area contributed by atoms with Gasteiger partial charge in [0.1, 0.15) is 11.6 Å². The number of nitriles is 1. The highest BCUT2D eigenvalue weighted by Gasteiger charge is 2.39. The van der Waals surface area contributed by atoms with Crippen LogP contribution in [0.2, 0.25) is 5.02 Å². The zero-order valence-electron chi connectivity index (χ0n) is 19.1. The molecule has 2 unspecified atom stereocenters. The number of carbonyl (C=O) groups excluding carboxylic acids is 1. The van der Waals surface area contributed by atoms with Crippen molar-refractivity contribution in [1.82, 2.24) is 20.4 Å². The van der Waals surface area contributed by atoms with Gasteiger partial charge in [-0.25, -0.2) is 14.8 Å². The summed E-state index contributed by atoms with van der Waals surface area (Å²) in [5.74, 6) is -2.85. The lowest BCUT2D eigenvalue weighted by molar-refractivity contribution is -0.142. The van der Waals surface area contributed by atoms with Crippen LogP contribution in [0.5, 0.6) is 11.5 Å². The number of benzene rings is 2. The molecule has 192 valence electrons. The molecule has 1 aliphatic rings. The molecule has 0 bridgehead atoms. The third-order valence-electron chi connectivity index (χ3n) is 5.75. The van der Waals surface area contributed by atoms with E-state index in [-0.39, 0.29) is 35.2 Å². The Bertz CT molecular complexity index is 1470. The van der Waals surface area contributed by atoms with Crippen LogP contribution in [0.15, 0.2) is 47.5 Å². The molecule has 2 heterocycles. The van der Waals surface area contributed by atoms with E-state index >= 15 is 0 Å². The fraction of sp³-hybridized carbons (Fsp3) is 0.250. The minimum absolute atomic E-state index is 0.0181. The molecule has 1 aromatic heterocycles. The highest BCUT2D eigenvalue weighted by molar-refractivity contribution is 6.30. The number of aryl methyl sites for hydroxylation is 1. The van der Waals surface area contributed by atoms with E-state index in [2.05, 4.69) is 15.8 Å². The zero-order chi connectivity index (χ0) is 26.9. The Kier molecular flexibility index (Phi) is 7.20. The van der Waals surface area contributed by atoms with E-state index in [0.29, 0.717) is 11.1 Å². The molecule has 2 atom stereocenters. The van der Waals surface area contributed by atoms with Gasteiger partial charge in [0.2, 0.25) is 11.7 Å². The Morgan fingerprint density at radius 2 is 2.00 bits per heavy atom. The lowest BCUT2D eigenvalue weighted by Gasteiger charge is -2.31. The van der Waals surface area contributed by atoms with Crippen molar-refractivity contribution in [3.05, 3.63) is 86.3 Å². The number of alkyl halides is 3. The minimum atomic E-state index is -5.01. The number of nitrogens with one attached hydrogen (secondary N) is 2. The van der Waals surface area contributed by atoms with E-state index in [1.54, 1.807) is 13.0 Å². The number of hydrogen-bond acceptors (Lipinski definition) is 6. The van der Waals surface area contributed by atoms with Gasteiger partial charge in [0.05, 0.1) is 23.9 Å². The molecule has 2 aromatic carbocycles. The highest BCUT2D eigenvalue weighted by Crippen LogP contribution is 2.35. The van der Waals surface area contributed by atoms with Gasteiger partial charge in [-0.1, -0.05) is 17.7 Å². The third kappa shape index (κ3) is 5.73. The molecule has 0 radical (unpaired) electrons. The molecule has 3 aromatic rings. The van der Waals surface area contributed by atoms with Crippen LogP contribution >= 0.6 is 11.6 Å². The first-order valence-corrected chi connectivity index (χ1v) is 11.2. The summed E-state index contributed by atoms with van der Waals surface area (Å²) in [6.45, 7) is 1.49. The number of amides is 1. The van der Waals surface area contributed by atoms with Gasteiger partial charge in [-0.3, -0.25) is 19.6 Å². The monoisotopic (exact) mass is 535 g/mol. The molecule has 37 heavy (non-hydrogen) atoms. The van der Waals surface area contributed by atoms with Gasteiger partial charge in [0.25, 0.3) is 5.56 Å². The summed E-state index contributed by atoms with van der Waals surface area (Å²) in [7, 11) is 0. The van der Waals surface area contributed by atoms with Crippen molar-refractivity contribution < 1.29 is 27.1 Å². The number of aromatic nitrogens is 2. The van der Waals surface area contributed by atoms with Crippen molar-refractivity contribution >= 4 is 17.5 Å². The van der Waals surface area contributed by atoms with Crippen molar-refractivity contribution in [3.63, 3.8) is 0 Å². The normalized spacial score (nSPS) is 17.7. The Morgan fingerprint density at radius 1 is 1.24 bits per heavy atom. The number of hydrogen-bond donors (Lipinski definition) is 2. The fourth-order valence-electron chi connectivity index (χ4n) is 4.06. The smallest absolute Gasteiger partial charge is 0.437 e. The molecule has 1 saturated heterocycles. The van der Waals surface area contributed by atoms with Crippen LogP contribution in [0.1, 0.15) is 34.7 Å². The molecule has 1 fully saturated rings. The number of hydrazine groups is 1. The summed E-state index contributed by atoms with van der Waals surface area (Å²) in [4.78, 5) is 29.0. The summed E-state index contributed by atoms with van der Waals surface area (Å²) in [6, 6.07) is 8.80. The molecule has 0 saturated carbocycles. The van der Waals surface area contributed by atoms with Crippen molar-refractivity contribution in [1.29, 1.82) is 5.26 Å². The topological polar surface area (TPSA) is 109 Å². The van der Waals surface area contributed by atoms with Crippen molar-refractivity contribution in [2.75, 3.05) is 0 Å². The number of nitrogens with zero attached hydrogens (tertiary/aromatic N) is 3.